The second-order valence-electron chi connectivity index (χ2n) is 14.6. The van der Waals surface area contributed by atoms with Crippen molar-refractivity contribution in [3.8, 4) is 50.2 Å². The standard InChI is InChI=1S/C53H36N2/c1-2-11-36(12-3-1)40-15-10-16-46(32-40)54-35-44-24-23-42(33-49(44)47-17-6-8-19-51(47)54)43-27-30-53-50(34-43)48-18-7-9-20-52(48)55(53)45-28-25-38(26-29-45)41-22-21-37-13-4-5-14-39(37)31-41/h1-34H,35H2. The van der Waals surface area contributed by atoms with Crippen LogP contribution in [0.25, 0.3) is 82.8 Å². The minimum absolute atomic E-state index is 0.817. The molecule has 0 unspecified atom stereocenters. The van der Waals surface area contributed by atoms with Gasteiger partial charge in [-0.3, -0.25) is 0 Å². The normalized spacial score (nSPS) is 12.3. The van der Waals surface area contributed by atoms with Crippen LogP contribution < -0.4 is 4.90 Å². The summed E-state index contributed by atoms with van der Waals surface area (Å²) in [6, 6.07) is 75.5. The summed E-state index contributed by atoms with van der Waals surface area (Å²) >= 11 is 0. The number of hydrogen-bond donors (Lipinski definition) is 0. The fourth-order valence-corrected chi connectivity index (χ4v) is 8.65. The Morgan fingerprint density at radius 2 is 0.964 bits per heavy atom. The van der Waals surface area contributed by atoms with Gasteiger partial charge in [0.1, 0.15) is 0 Å². The van der Waals surface area contributed by atoms with Gasteiger partial charge >= 0.3 is 0 Å². The molecule has 2 nitrogen and oxygen atoms in total. The minimum atomic E-state index is 0.817. The summed E-state index contributed by atoms with van der Waals surface area (Å²) in [5.74, 6) is 0. The number of benzene rings is 9. The molecule has 0 saturated heterocycles. The predicted molar refractivity (Wildman–Crippen MR) is 232 cm³/mol. The van der Waals surface area contributed by atoms with Crippen molar-refractivity contribution in [2.45, 2.75) is 6.54 Å². The number of rotatable bonds is 5. The third kappa shape index (κ3) is 5.34. The van der Waals surface area contributed by atoms with E-state index >= 15 is 0 Å². The van der Waals surface area contributed by atoms with E-state index in [1.165, 1.54) is 94.0 Å². The fourth-order valence-electron chi connectivity index (χ4n) is 8.65. The summed E-state index contributed by atoms with van der Waals surface area (Å²) in [6.45, 7) is 0.817. The lowest BCUT2D eigenvalue weighted by Crippen LogP contribution is -2.21. The van der Waals surface area contributed by atoms with Crippen molar-refractivity contribution >= 4 is 44.0 Å². The molecule has 1 aliphatic heterocycles. The van der Waals surface area contributed by atoms with Gasteiger partial charge in [0.15, 0.2) is 0 Å². The molecular formula is C53H36N2. The van der Waals surface area contributed by atoms with Crippen LogP contribution in [0.1, 0.15) is 5.56 Å². The van der Waals surface area contributed by atoms with Crippen molar-refractivity contribution in [1.29, 1.82) is 0 Å². The van der Waals surface area contributed by atoms with Crippen molar-refractivity contribution in [3.05, 3.63) is 212 Å². The highest BCUT2D eigenvalue weighted by Crippen LogP contribution is 2.45. The molecule has 1 aliphatic rings. The monoisotopic (exact) mass is 700 g/mol. The van der Waals surface area contributed by atoms with Crippen LogP contribution in [0.3, 0.4) is 0 Å². The molecule has 0 atom stereocenters. The quantitative estimate of drug-likeness (QED) is 0.174. The number of para-hydroxylation sites is 2. The number of nitrogens with zero attached hydrogens (tertiary/aromatic N) is 2. The smallest absolute Gasteiger partial charge is 0.0541 e. The van der Waals surface area contributed by atoms with Crippen molar-refractivity contribution in [3.63, 3.8) is 0 Å². The van der Waals surface area contributed by atoms with Gasteiger partial charge in [-0.25, -0.2) is 0 Å². The lowest BCUT2D eigenvalue weighted by atomic mass is 9.89. The van der Waals surface area contributed by atoms with Crippen LogP contribution in [-0.4, -0.2) is 4.57 Å². The van der Waals surface area contributed by atoms with Crippen LogP contribution in [0.4, 0.5) is 11.4 Å². The molecule has 0 fully saturated rings. The van der Waals surface area contributed by atoms with E-state index in [0.717, 1.165) is 12.2 Å². The van der Waals surface area contributed by atoms with E-state index < -0.39 is 0 Å². The Bertz CT molecular complexity index is 3060. The molecule has 1 aromatic heterocycles. The first-order valence-electron chi connectivity index (χ1n) is 19.0. The highest BCUT2D eigenvalue weighted by atomic mass is 15.1. The van der Waals surface area contributed by atoms with Gasteiger partial charge in [-0.1, -0.05) is 146 Å². The van der Waals surface area contributed by atoms with Crippen molar-refractivity contribution in [2.24, 2.45) is 0 Å². The van der Waals surface area contributed by atoms with E-state index in [1.807, 2.05) is 0 Å². The predicted octanol–water partition coefficient (Wildman–Crippen LogP) is 14.3. The summed E-state index contributed by atoms with van der Waals surface area (Å²) in [5, 5.41) is 5.04. The fraction of sp³-hybridized carbons (Fsp3) is 0.0189. The Hall–Kier alpha value is -7.16. The van der Waals surface area contributed by atoms with Gasteiger partial charge < -0.3 is 9.47 Å². The third-order valence-corrected chi connectivity index (χ3v) is 11.4. The topological polar surface area (TPSA) is 8.17 Å². The van der Waals surface area contributed by atoms with Gasteiger partial charge in [-0.15, -0.1) is 0 Å². The van der Waals surface area contributed by atoms with Crippen LogP contribution in [-0.2, 0) is 6.54 Å². The average molecular weight is 701 g/mol. The van der Waals surface area contributed by atoms with Crippen LogP contribution in [0, 0.1) is 0 Å². The van der Waals surface area contributed by atoms with Crippen LogP contribution >= 0.6 is 0 Å². The Balaban J connectivity index is 0.959. The largest absolute Gasteiger partial charge is 0.336 e. The van der Waals surface area contributed by atoms with Crippen molar-refractivity contribution in [2.75, 3.05) is 4.90 Å². The maximum atomic E-state index is 2.46. The van der Waals surface area contributed by atoms with Crippen LogP contribution in [0.2, 0.25) is 0 Å². The van der Waals surface area contributed by atoms with Crippen LogP contribution in [0.15, 0.2) is 206 Å². The molecular weight excluding hydrogens is 665 g/mol. The van der Waals surface area contributed by atoms with Gasteiger partial charge in [0.25, 0.3) is 0 Å². The Kier molecular flexibility index (Phi) is 7.28. The Morgan fingerprint density at radius 3 is 1.87 bits per heavy atom. The van der Waals surface area contributed by atoms with Gasteiger partial charge in [-0.2, -0.15) is 0 Å². The minimum Gasteiger partial charge on any atom is -0.336 e. The van der Waals surface area contributed by atoms with Gasteiger partial charge in [-0.05, 0) is 116 Å². The van der Waals surface area contributed by atoms with Gasteiger partial charge in [0.05, 0.1) is 11.0 Å². The molecule has 0 aliphatic carbocycles. The number of fused-ring (bicyclic) bond motifs is 7. The molecule has 0 amide bonds. The lowest BCUT2D eigenvalue weighted by Gasteiger charge is -2.33. The zero-order valence-corrected chi connectivity index (χ0v) is 30.2. The molecule has 0 N–H and O–H groups in total. The Labute approximate surface area is 320 Å². The summed E-state index contributed by atoms with van der Waals surface area (Å²) < 4.78 is 2.41. The molecule has 9 aromatic carbocycles. The van der Waals surface area contributed by atoms with E-state index in [1.54, 1.807) is 0 Å². The maximum absolute atomic E-state index is 2.46. The summed E-state index contributed by atoms with van der Waals surface area (Å²) in [6.07, 6.45) is 0. The van der Waals surface area contributed by atoms with E-state index in [4.69, 9.17) is 0 Å². The second-order valence-corrected chi connectivity index (χ2v) is 14.6. The van der Waals surface area contributed by atoms with Gasteiger partial charge in [0, 0.05) is 39.9 Å². The molecule has 0 saturated carbocycles. The lowest BCUT2D eigenvalue weighted by molar-refractivity contribution is 0.961. The summed E-state index contributed by atoms with van der Waals surface area (Å²) in [7, 11) is 0. The zero-order chi connectivity index (χ0) is 36.3. The summed E-state index contributed by atoms with van der Waals surface area (Å²) in [5.41, 5.74) is 17.3. The first-order valence-corrected chi connectivity index (χ1v) is 19.0. The first kappa shape index (κ1) is 31.4. The second kappa shape index (κ2) is 12.8. The van der Waals surface area contributed by atoms with Gasteiger partial charge in [0.2, 0.25) is 0 Å². The molecule has 2 heterocycles. The SMILES string of the molecule is c1ccc(-c2cccc(N3Cc4ccc(-c5ccc6c(c5)c5ccccc5n6-c5ccc(-c6ccc7ccccc7c6)cc5)cc4-c4ccccc43)c2)cc1. The van der Waals surface area contributed by atoms with Crippen LogP contribution in [0.5, 0.6) is 0 Å². The van der Waals surface area contributed by atoms with E-state index in [2.05, 4.69) is 216 Å². The molecule has 10 aromatic rings. The molecule has 2 heteroatoms. The molecule has 11 rings (SSSR count). The maximum Gasteiger partial charge on any atom is 0.0541 e. The van der Waals surface area contributed by atoms with E-state index in [-0.39, 0.29) is 0 Å². The highest BCUT2D eigenvalue weighted by molar-refractivity contribution is 6.10. The van der Waals surface area contributed by atoms with Crippen molar-refractivity contribution < 1.29 is 0 Å². The first-order chi connectivity index (χ1) is 27.2. The van der Waals surface area contributed by atoms with Crippen molar-refractivity contribution in [1.82, 2.24) is 4.57 Å². The molecule has 0 bridgehead atoms. The third-order valence-electron chi connectivity index (χ3n) is 11.4. The molecule has 55 heavy (non-hydrogen) atoms. The highest BCUT2D eigenvalue weighted by Gasteiger charge is 2.24. The molecule has 258 valence electrons. The number of hydrogen-bond acceptors (Lipinski definition) is 1. The molecule has 0 spiro atoms. The number of aromatic nitrogens is 1. The Morgan fingerprint density at radius 1 is 0.327 bits per heavy atom. The number of anilines is 2. The average Bonchev–Trinajstić information content (AvgIpc) is 3.60. The van der Waals surface area contributed by atoms with E-state index in [9.17, 15) is 0 Å². The van der Waals surface area contributed by atoms with E-state index in [0.29, 0.717) is 0 Å². The molecule has 0 radical (unpaired) electrons. The summed E-state index contributed by atoms with van der Waals surface area (Å²) in [4.78, 5) is 2.46. The zero-order valence-electron chi connectivity index (χ0n) is 30.2.